The van der Waals surface area contributed by atoms with Crippen molar-refractivity contribution in [2.24, 2.45) is 0 Å². The van der Waals surface area contributed by atoms with Gasteiger partial charge in [0.15, 0.2) is 0 Å². The van der Waals surface area contributed by atoms with E-state index < -0.39 is 17.5 Å². The van der Waals surface area contributed by atoms with E-state index in [1.165, 1.54) is 11.1 Å². The van der Waals surface area contributed by atoms with Crippen molar-refractivity contribution in [1.29, 1.82) is 0 Å². The number of halogens is 2. The van der Waals surface area contributed by atoms with Crippen molar-refractivity contribution < 1.29 is 13.6 Å². The van der Waals surface area contributed by atoms with E-state index in [-0.39, 0.29) is 11.6 Å². The van der Waals surface area contributed by atoms with Gasteiger partial charge in [-0.2, -0.15) is 0 Å². The van der Waals surface area contributed by atoms with Gasteiger partial charge in [0.2, 0.25) is 0 Å². The van der Waals surface area contributed by atoms with Crippen LogP contribution >= 0.6 is 0 Å². The third-order valence-electron chi connectivity index (χ3n) is 3.56. The lowest BCUT2D eigenvalue weighted by Gasteiger charge is -2.12. The Bertz CT molecular complexity index is 644. The molecule has 2 aromatic carbocycles. The standard InChI is InChI=1S/C16H13F2NO/c17-12-5-6-15(18)14(9-12)16(20)19-13-7-10-3-1-2-4-11(10)8-13/h1-6,9,13H,7-8H2,(H,19,20). The molecular formula is C16H13F2NO. The Morgan fingerprint density at radius 1 is 1.05 bits per heavy atom. The summed E-state index contributed by atoms with van der Waals surface area (Å²) in [5.74, 6) is -1.90. The van der Waals surface area contributed by atoms with Crippen molar-refractivity contribution in [2.75, 3.05) is 0 Å². The largest absolute Gasteiger partial charge is 0.349 e. The Kier molecular flexibility index (Phi) is 3.22. The molecule has 0 saturated carbocycles. The molecule has 1 N–H and O–H groups in total. The molecular weight excluding hydrogens is 260 g/mol. The average Bonchev–Trinajstić information content (AvgIpc) is 2.83. The van der Waals surface area contributed by atoms with E-state index in [4.69, 9.17) is 0 Å². The Labute approximate surface area is 115 Å². The van der Waals surface area contributed by atoms with Gasteiger partial charge in [-0.15, -0.1) is 0 Å². The molecule has 0 aliphatic heterocycles. The Balaban J connectivity index is 1.74. The fraction of sp³-hybridized carbons (Fsp3) is 0.188. The first-order valence-electron chi connectivity index (χ1n) is 6.46. The molecule has 0 heterocycles. The summed E-state index contributed by atoms with van der Waals surface area (Å²) in [6.45, 7) is 0. The summed E-state index contributed by atoms with van der Waals surface area (Å²) in [5.41, 5.74) is 2.14. The van der Waals surface area contributed by atoms with Gasteiger partial charge in [0.25, 0.3) is 5.91 Å². The van der Waals surface area contributed by atoms with Gasteiger partial charge >= 0.3 is 0 Å². The van der Waals surface area contributed by atoms with Crippen LogP contribution in [0.5, 0.6) is 0 Å². The molecule has 0 unspecified atom stereocenters. The molecule has 2 nitrogen and oxygen atoms in total. The van der Waals surface area contributed by atoms with E-state index in [0.717, 1.165) is 31.0 Å². The normalized spacial score (nSPS) is 14.1. The first-order chi connectivity index (χ1) is 9.63. The summed E-state index contributed by atoms with van der Waals surface area (Å²) < 4.78 is 26.6. The first-order valence-corrected chi connectivity index (χ1v) is 6.46. The van der Waals surface area contributed by atoms with E-state index in [1.54, 1.807) is 0 Å². The van der Waals surface area contributed by atoms with Crippen molar-refractivity contribution in [2.45, 2.75) is 18.9 Å². The Hall–Kier alpha value is -2.23. The molecule has 102 valence electrons. The number of benzene rings is 2. The van der Waals surface area contributed by atoms with Gasteiger partial charge in [-0.25, -0.2) is 8.78 Å². The van der Waals surface area contributed by atoms with Crippen LogP contribution in [0.15, 0.2) is 42.5 Å². The number of fused-ring (bicyclic) bond motifs is 1. The minimum Gasteiger partial charge on any atom is -0.349 e. The van der Waals surface area contributed by atoms with E-state index in [1.807, 2.05) is 24.3 Å². The summed E-state index contributed by atoms with van der Waals surface area (Å²) in [7, 11) is 0. The first kappa shape index (κ1) is 12.8. The maximum atomic E-state index is 13.5. The second kappa shape index (κ2) is 5.04. The number of carbonyl (C=O) groups excluding carboxylic acids is 1. The number of hydrogen-bond acceptors (Lipinski definition) is 1. The predicted molar refractivity (Wildman–Crippen MR) is 71.5 cm³/mol. The molecule has 3 rings (SSSR count). The zero-order valence-electron chi connectivity index (χ0n) is 10.7. The number of nitrogens with one attached hydrogen (secondary N) is 1. The average molecular weight is 273 g/mol. The van der Waals surface area contributed by atoms with Crippen molar-refractivity contribution in [3.63, 3.8) is 0 Å². The molecule has 1 aliphatic carbocycles. The van der Waals surface area contributed by atoms with Gasteiger partial charge in [0.1, 0.15) is 11.6 Å². The molecule has 0 saturated heterocycles. The number of rotatable bonds is 2. The SMILES string of the molecule is O=C(NC1Cc2ccccc2C1)c1cc(F)ccc1F. The highest BCUT2D eigenvalue weighted by Gasteiger charge is 2.24. The molecule has 0 atom stereocenters. The maximum absolute atomic E-state index is 13.5. The summed E-state index contributed by atoms with van der Waals surface area (Å²) in [6.07, 6.45) is 1.44. The summed E-state index contributed by atoms with van der Waals surface area (Å²) in [4.78, 5) is 12.0. The molecule has 1 aliphatic rings. The summed E-state index contributed by atoms with van der Waals surface area (Å²) in [6, 6.07) is 10.8. The Morgan fingerprint density at radius 3 is 2.35 bits per heavy atom. The molecule has 2 aromatic rings. The minimum absolute atomic E-state index is 0.0671. The van der Waals surface area contributed by atoms with E-state index in [9.17, 15) is 13.6 Å². The van der Waals surface area contributed by atoms with Crippen molar-refractivity contribution in [3.05, 3.63) is 70.8 Å². The van der Waals surface area contributed by atoms with Gasteiger partial charge in [-0.05, 0) is 42.2 Å². The molecule has 0 aromatic heterocycles. The molecule has 1 amide bonds. The minimum atomic E-state index is -0.709. The van der Waals surface area contributed by atoms with Crippen molar-refractivity contribution >= 4 is 5.91 Å². The lowest BCUT2D eigenvalue weighted by molar-refractivity contribution is 0.0934. The second-order valence-electron chi connectivity index (χ2n) is 4.97. The van der Waals surface area contributed by atoms with Crippen LogP contribution in [0.1, 0.15) is 21.5 Å². The van der Waals surface area contributed by atoms with Gasteiger partial charge in [-0.3, -0.25) is 4.79 Å². The van der Waals surface area contributed by atoms with Gasteiger partial charge in [0, 0.05) is 6.04 Å². The van der Waals surface area contributed by atoms with Crippen LogP contribution < -0.4 is 5.32 Å². The van der Waals surface area contributed by atoms with Crippen LogP contribution in [-0.4, -0.2) is 11.9 Å². The summed E-state index contributed by atoms with van der Waals surface area (Å²) in [5, 5.41) is 2.76. The fourth-order valence-electron chi connectivity index (χ4n) is 2.60. The summed E-state index contributed by atoms with van der Waals surface area (Å²) >= 11 is 0. The smallest absolute Gasteiger partial charge is 0.254 e. The highest BCUT2D eigenvalue weighted by molar-refractivity contribution is 5.94. The third-order valence-corrected chi connectivity index (χ3v) is 3.56. The van der Waals surface area contributed by atoms with Gasteiger partial charge < -0.3 is 5.32 Å². The van der Waals surface area contributed by atoms with Crippen molar-refractivity contribution in [1.82, 2.24) is 5.32 Å². The number of carbonyl (C=O) groups is 1. The van der Waals surface area contributed by atoms with Gasteiger partial charge in [-0.1, -0.05) is 24.3 Å². The lowest BCUT2D eigenvalue weighted by atomic mass is 10.1. The number of amides is 1. The van der Waals surface area contributed by atoms with Crippen LogP contribution in [0.2, 0.25) is 0 Å². The van der Waals surface area contributed by atoms with E-state index in [2.05, 4.69) is 5.32 Å². The predicted octanol–water partition coefficient (Wildman–Crippen LogP) is 2.86. The van der Waals surface area contributed by atoms with Crippen molar-refractivity contribution in [3.8, 4) is 0 Å². The van der Waals surface area contributed by atoms with E-state index >= 15 is 0 Å². The third kappa shape index (κ3) is 2.41. The zero-order chi connectivity index (χ0) is 14.1. The molecule has 4 heteroatoms. The van der Waals surface area contributed by atoms with E-state index in [0.29, 0.717) is 0 Å². The van der Waals surface area contributed by atoms with Crippen LogP contribution in [0.25, 0.3) is 0 Å². The van der Waals surface area contributed by atoms with Gasteiger partial charge in [0.05, 0.1) is 5.56 Å². The highest BCUT2D eigenvalue weighted by atomic mass is 19.1. The Morgan fingerprint density at radius 2 is 1.70 bits per heavy atom. The lowest BCUT2D eigenvalue weighted by Crippen LogP contribution is -2.35. The fourth-order valence-corrected chi connectivity index (χ4v) is 2.60. The molecule has 0 bridgehead atoms. The number of hydrogen-bond donors (Lipinski definition) is 1. The quantitative estimate of drug-likeness (QED) is 0.895. The maximum Gasteiger partial charge on any atom is 0.254 e. The van der Waals surface area contributed by atoms with Crippen LogP contribution in [0, 0.1) is 11.6 Å². The monoisotopic (exact) mass is 273 g/mol. The van der Waals surface area contributed by atoms with Crippen LogP contribution in [0.4, 0.5) is 8.78 Å². The molecule has 0 spiro atoms. The molecule has 0 fully saturated rings. The van der Waals surface area contributed by atoms with Crippen LogP contribution in [-0.2, 0) is 12.8 Å². The highest BCUT2D eigenvalue weighted by Crippen LogP contribution is 2.22. The topological polar surface area (TPSA) is 29.1 Å². The second-order valence-corrected chi connectivity index (χ2v) is 4.97. The molecule has 20 heavy (non-hydrogen) atoms. The molecule has 0 radical (unpaired) electrons. The zero-order valence-corrected chi connectivity index (χ0v) is 10.7. The van der Waals surface area contributed by atoms with Crippen LogP contribution in [0.3, 0.4) is 0 Å².